The molecule has 126 valence electrons. The first-order valence-corrected chi connectivity index (χ1v) is 8.78. The number of anilines is 1. The average Bonchev–Trinajstić information content (AvgIpc) is 2.65. The Kier molecular flexibility index (Phi) is 4.06. The second-order valence-corrected chi connectivity index (χ2v) is 6.92. The number of ether oxygens (including phenoxy) is 1. The molecule has 0 unspecified atom stereocenters. The van der Waals surface area contributed by atoms with E-state index in [4.69, 9.17) is 21.9 Å². The van der Waals surface area contributed by atoms with Crippen LogP contribution >= 0.6 is 11.6 Å². The van der Waals surface area contributed by atoms with E-state index >= 15 is 0 Å². The summed E-state index contributed by atoms with van der Waals surface area (Å²) in [5.74, 6) is -2.21. The van der Waals surface area contributed by atoms with E-state index in [2.05, 4.69) is 0 Å². The number of carbonyl (C=O) groups is 1. The summed E-state index contributed by atoms with van der Waals surface area (Å²) in [6.45, 7) is 1.61. The summed E-state index contributed by atoms with van der Waals surface area (Å²) in [6, 6.07) is -2.97. The molecule has 0 heterocycles. The highest BCUT2D eigenvalue weighted by Crippen LogP contribution is 2.30. The number of halogens is 2. The molecule has 1 atom stereocenters. The molecule has 0 bridgehead atoms. The van der Waals surface area contributed by atoms with E-state index in [1.807, 2.05) is 0 Å². The van der Waals surface area contributed by atoms with Crippen LogP contribution in [0, 0.1) is 5.82 Å². The summed E-state index contributed by atoms with van der Waals surface area (Å²) in [4.78, 5) is 12.1. The van der Waals surface area contributed by atoms with Gasteiger partial charge in [-0.2, -0.15) is 0 Å². The first-order chi connectivity index (χ1) is 12.6. The van der Waals surface area contributed by atoms with E-state index < -0.39 is 55.9 Å². The Morgan fingerprint density at radius 2 is 2.35 bits per heavy atom. The van der Waals surface area contributed by atoms with Crippen LogP contribution in [0.5, 0.6) is 0 Å². The fourth-order valence-electron chi connectivity index (χ4n) is 2.20. The van der Waals surface area contributed by atoms with Crippen molar-refractivity contribution in [2.75, 3.05) is 11.3 Å². The van der Waals surface area contributed by atoms with Gasteiger partial charge in [0.25, 0.3) is 0 Å². The third kappa shape index (κ3) is 4.23. The summed E-state index contributed by atoms with van der Waals surface area (Å²) in [7, 11) is -4.58. The molecule has 1 N–H and O–H groups in total. The molecular formula is C15H17ClFNO4S. The van der Waals surface area contributed by atoms with Gasteiger partial charge in [0.15, 0.2) is 1.41 Å². The van der Waals surface area contributed by atoms with Crippen molar-refractivity contribution in [3.8, 4) is 0 Å². The van der Waals surface area contributed by atoms with Gasteiger partial charge < -0.3 is 4.74 Å². The molecule has 0 saturated carbocycles. The molecule has 0 saturated heterocycles. The quantitative estimate of drug-likeness (QED) is 0.813. The zero-order valence-corrected chi connectivity index (χ0v) is 13.8. The minimum atomic E-state index is -4.58. The maximum Gasteiger partial charge on any atom is 0.335 e. The van der Waals surface area contributed by atoms with Gasteiger partial charge in [-0.05, 0) is 44.3 Å². The SMILES string of the molecule is [2H]c1c([2H])c(N([2H])S(=O)(=O)[C@@H]2CCCC=C2C(=O)OCC)c(Cl)c([2H])c1F. The lowest BCUT2D eigenvalue weighted by Crippen LogP contribution is -2.34. The molecule has 1 aromatic rings. The molecule has 2 rings (SSSR count). The first-order valence-electron chi connectivity index (χ1n) is 8.85. The average molecular weight is 366 g/mol. The molecule has 23 heavy (non-hydrogen) atoms. The van der Waals surface area contributed by atoms with Gasteiger partial charge in [-0.25, -0.2) is 17.6 Å². The number of sulfonamides is 1. The van der Waals surface area contributed by atoms with Gasteiger partial charge in [-0.3, -0.25) is 4.72 Å². The summed E-state index contributed by atoms with van der Waals surface area (Å²) in [6.07, 6.45) is 2.37. The smallest absolute Gasteiger partial charge is 0.335 e. The highest BCUT2D eigenvalue weighted by molar-refractivity contribution is 7.93. The lowest BCUT2D eigenvalue weighted by Gasteiger charge is -2.24. The van der Waals surface area contributed by atoms with Crippen LogP contribution < -0.4 is 4.72 Å². The van der Waals surface area contributed by atoms with Gasteiger partial charge in [0, 0.05) is 0 Å². The monoisotopic (exact) mass is 365 g/mol. The van der Waals surface area contributed by atoms with E-state index in [0.717, 1.165) is 0 Å². The number of hydrogen-bond donors (Lipinski definition) is 1. The van der Waals surface area contributed by atoms with Crippen molar-refractivity contribution in [3.05, 3.63) is 40.6 Å². The molecule has 0 spiro atoms. The third-order valence-corrected chi connectivity index (χ3v) is 5.11. The molecule has 1 aromatic carbocycles. The molecule has 0 fully saturated rings. The van der Waals surface area contributed by atoms with Crippen LogP contribution in [-0.4, -0.2) is 26.2 Å². The minimum absolute atomic E-state index is 0.0377. The number of rotatable bonds is 5. The van der Waals surface area contributed by atoms with Crippen LogP contribution in [0.3, 0.4) is 0 Å². The predicted molar refractivity (Wildman–Crippen MR) is 86.3 cm³/mol. The number of hydrogen-bond acceptors (Lipinski definition) is 4. The molecule has 8 heteroatoms. The van der Waals surface area contributed by atoms with Crippen molar-refractivity contribution in [2.45, 2.75) is 31.4 Å². The number of nitrogens with one attached hydrogen (secondary N) is 1. The Bertz CT molecular complexity index is 881. The van der Waals surface area contributed by atoms with Gasteiger partial charge >= 0.3 is 5.97 Å². The van der Waals surface area contributed by atoms with Crippen molar-refractivity contribution in [3.63, 3.8) is 0 Å². The van der Waals surface area contributed by atoms with E-state index in [9.17, 15) is 17.6 Å². The number of esters is 1. The largest absolute Gasteiger partial charge is 0.463 e. The van der Waals surface area contributed by atoms with Gasteiger partial charge in [0.2, 0.25) is 10.0 Å². The number of carbonyl (C=O) groups excluding carboxylic acids is 1. The summed E-state index contributed by atoms with van der Waals surface area (Å²) < 4.78 is 75.2. The summed E-state index contributed by atoms with van der Waals surface area (Å²) in [5, 5.41) is -2.18. The van der Waals surface area contributed by atoms with E-state index in [1.54, 1.807) is 6.92 Å². The molecule has 0 radical (unpaired) electrons. The second-order valence-electron chi connectivity index (χ2n) is 4.76. The molecule has 1 aliphatic carbocycles. The Hall–Kier alpha value is -1.60. The molecule has 5 nitrogen and oxygen atoms in total. The number of allylic oxidation sites excluding steroid dienone is 1. The maximum atomic E-state index is 13.7. The Balaban J connectivity index is 2.55. The van der Waals surface area contributed by atoms with Crippen molar-refractivity contribution < 1.29 is 27.9 Å². The standard InChI is InChI=1S/C15H17ClFNO4S/c1-2-22-15(19)11-5-3-4-6-14(11)23(20,21)18-13-8-7-10(17)9-12(13)16/h5,7-9,14,18H,2-4,6H2,1H3/t14-/m1/s1/i7D,8D,9D/hD. The van der Waals surface area contributed by atoms with Crippen molar-refractivity contribution in [1.82, 2.24) is 0 Å². The van der Waals surface area contributed by atoms with E-state index in [-0.39, 0.29) is 23.3 Å². The Labute approximate surface area is 145 Å². The Morgan fingerprint density at radius 3 is 3.04 bits per heavy atom. The minimum Gasteiger partial charge on any atom is -0.463 e. The molecule has 1 aliphatic rings. The number of benzene rings is 1. The van der Waals surface area contributed by atoms with Crippen LogP contribution in [0.2, 0.25) is 6.43 Å². The van der Waals surface area contributed by atoms with Crippen LogP contribution in [0.1, 0.15) is 30.3 Å². The Morgan fingerprint density at radius 1 is 1.61 bits per heavy atom. The predicted octanol–water partition coefficient (Wildman–Crippen LogP) is 3.26. The van der Waals surface area contributed by atoms with Crippen LogP contribution in [-0.2, 0) is 19.6 Å². The van der Waals surface area contributed by atoms with Crippen molar-refractivity contribution >= 4 is 33.3 Å². The fraction of sp³-hybridized carbons (Fsp3) is 0.400. The summed E-state index contributed by atoms with van der Waals surface area (Å²) >= 11 is 5.80. The maximum absolute atomic E-state index is 13.7. The van der Waals surface area contributed by atoms with Crippen molar-refractivity contribution in [2.24, 2.45) is 0 Å². The molecule has 0 aromatic heterocycles. The topological polar surface area (TPSA) is 72.5 Å². The van der Waals surface area contributed by atoms with Crippen LogP contribution in [0.25, 0.3) is 0 Å². The lowest BCUT2D eigenvalue weighted by molar-refractivity contribution is -0.138. The third-order valence-electron chi connectivity index (χ3n) is 3.19. The summed E-state index contributed by atoms with van der Waals surface area (Å²) in [5.41, 5.74) is -0.927. The molecule has 0 amide bonds. The normalized spacial score (nSPS) is 20.7. The molecular weight excluding hydrogens is 345 g/mol. The lowest BCUT2D eigenvalue weighted by atomic mass is 9.99. The van der Waals surface area contributed by atoms with Gasteiger partial charge in [-0.15, -0.1) is 0 Å². The zero-order chi connectivity index (χ0) is 20.5. The zero-order valence-electron chi connectivity index (χ0n) is 16.2. The van der Waals surface area contributed by atoms with Gasteiger partial charge in [0.1, 0.15) is 11.1 Å². The van der Waals surface area contributed by atoms with Gasteiger partial charge in [-0.1, -0.05) is 17.7 Å². The van der Waals surface area contributed by atoms with E-state index in [1.165, 1.54) is 6.08 Å². The first kappa shape index (κ1) is 12.8. The fourth-order valence-corrected chi connectivity index (χ4v) is 3.91. The molecule has 0 aliphatic heterocycles. The highest BCUT2D eigenvalue weighted by atomic mass is 35.5. The van der Waals surface area contributed by atoms with Crippen molar-refractivity contribution in [1.29, 1.82) is 0 Å². The second kappa shape index (κ2) is 7.31. The van der Waals surface area contributed by atoms with Crippen LogP contribution in [0.15, 0.2) is 29.8 Å². The van der Waals surface area contributed by atoms with Gasteiger partial charge in [0.05, 0.1) is 27.0 Å². The highest BCUT2D eigenvalue weighted by Gasteiger charge is 2.35. The van der Waals surface area contributed by atoms with Crippen LogP contribution in [0.4, 0.5) is 10.1 Å². The van der Waals surface area contributed by atoms with E-state index in [0.29, 0.717) is 12.8 Å².